The van der Waals surface area contributed by atoms with Gasteiger partial charge in [0.2, 0.25) is 0 Å². The third-order valence-corrected chi connectivity index (χ3v) is 12.1. The van der Waals surface area contributed by atoms with Gasteiger partial charge in [0.05, 0.1) is 0 Å². The molecule has 1 nitrogen and oxygen atoms in total. The van der Waals surface area contributed by atoms with E-state index in [4.69, 9.17) is 0 Å². The predicted molar refractivity (Wildman–Crippen MR) is 215 cm³/mol. The quantitative estimate of drug-likeness (QED) is 0.178. The Labute approximate surface area is 292 Å². The van der Waals surface area contributed by atoms with Crippen LogP contribution < -0.4 is 4.90 Å². The fourth-order valence-corrected chi connectivity index (χ4v) is 9.76. The number of nitrogens with zero attached hydrogens (tertiary/aromatic N) is 1. The molecular formula is C46H29NS2. The summed E-state index contributed by atoms with van der Waals surface area (Å²) < 4.78 is 5.32. The minimum absolute atomic E-state index is 1.13. The van der Waals surface area contributed by atoms with Gasteiger partial charge in [-0.2, -0.15) is 0 Å². The molecule has 49 heavy (non-hydrogen) atoms. The van der Waals surface area contributed by atoms with Gasteiger partial charge in [0.1, 0.15) is 0 Å². The van der Waals surface area contributed by atoms with Gasteiger partial charge in [0.15, 0.2) is 0 Å². The molecule has 2 aromatic heterocycles. The summed E-state index contributed by atoms with van der Waals surface area (Å²) >= 11 is 3.77. The average Bonchev–Trinajstić information content (AvgIpc) is 3.74. The molecule has 2 heterocycles. The fraction of sp³-hybridized carbons (Fsp3) is 0. The van der Waals surface area contributed by atoms with Crippen molar-refractivity contribution >= 4 is 90.9 Å². The van der Waals surface area contributed by atoms with Crippen molar-refractivity contribution in [3.8, 4) is 22.3 Å². The summed E-state index contributed by atoms with van der Waals surface area (Å²) in [7, 11) is 0. The Morgan fingerprint density at radius 3 is 1.88 bits per heavy atom. The van der Waals surface area contributed by atoms with E-state index in [0.717, 1.165) is 17.1 Å². The molecule has 0 aliphatic heterocycles. The third-order valence-electron chi connectivity index (χ3n) is 9.66. The van der Waals surface area contributed by atoms with Crippen molar-refractivity contribution in [2.45, 2.75) is 0 Å². The van der Waals surface area contributed by atoms with E-state index in [0.29, 0.717) is 0 Å². The van der Waals surface area contributed by atoms with E-state index < -0.39 is 0 Å². The number of hydrogen-bond acceptors (Lipinski definition) is 3. The predicted octanol–water partition coefficient (Wildman–Crippen LogP) is 14.4. The molecule has 0 fully saturated rings. The SMILES string of the molecule is c1ccc(-c2cccc(N(c3ccc(-c4cccc5c4sc4ccccc45)cc3)c3ccc4sc5c6ccccc6ccc5c4c3)c2)cc1. The molecule has 0 N–H and O–H groups in total. The first-order valence-corrected chi connectivity index (χ1v) is 18.2. The summed E-state index contributed by atoms with van der Waals surface area (Å²) in [5.74, 6) is 0. The Morgan fingerprint density at radius 1 is 0.327 bits per heavy atom. The highest BCUT2D eigenvalue weighted by molar-refractivity contribution is 7.27. The normalized spacial score (nSPS) is 11.7. The van der Waals surface area contributed by atoms with Gasteiger partial charge < -0.3 is 4.90 Å². The van der Waals surface area contributed by atoms with Crippen molar-refractivity contribution in [2.24, 2.45) is 0 Å². The maximum absolute atomic E-state index is 2.40. The van der Waals surface area contributed by atoms with Crippen LogP contribution in [0.2, 0.25) is 0 Å². The smallest absolute Gasteiger partial charge is 0.0468 e. The average molecular weight is 660 g/mol. The van der Waals surface area contributed by atoms with Crippen LogP contribution in [0.5, 0.6) is 0 Å². The highest BCUT2D eigenvalue weighted by Gasteiger charge is 2.17. The zero-order valence-electron chi connectivity index (χ0n) is 26.5. The van der Waals surface area contributed by atoms with E-state index in [-0.39, 0.29) is 0 Å². The lowest BCUT2D eigenvalue weighted by Crippen LogP contribution is -2.10. The maximum Gasteiger partial charge on any atom is 0.0468 e. The van der Waals surface area contributed by atoms with Crippen LogP contribution in [-0.2, 0) is 0 Å². The Hall–Kier alpha value is -5.74. The molecule has 0 spiro atoms. The van der Waals surface area contributed by atoms with Gasteiger partial charge in [-0.15, -0.1) is 22.7 Å². The largest absolute Gasteiger partial charge is 0.310 e. The lowest BCUT2D eigenvalue weighted by Gasteiger charge is -2.26. The van der Waals surface area contributed by atoms with Gasteiger partial charge >= 0.3 is 0 Å². The molecule has 0 aliphatic rings. The molecule has 0 atom stereocenters. The Bertz CT molecular complexity index is 2830. The van der Waals surface area contributed by atoms with Crippen molar-refractivity contribution in [1.82, 2.24) is 0 Å². The number of fused-ring (bicyclic) bond motifs is 8. The van der Waals surface area contributed by atoms with Crippen LogP contribution in [0.4, 0.5) is 17.1 Å². The third kappa shape index (κ3) is 4.74. The Balaban J connectivity index is 1.14. The second-order valence-corrected chi connectivity index (χ2v) is 14.6. The zero-order valence-corrected chi connectivity index (χ0v) is 28.1. The lowest BCUT2D eigenvalue weighted by molar-refractivity contribution is 1.29. The monoisotopic (exact) mass is 659 g/mol. The van der Waals surface area contributed by atoms with Gasteiger partial charge in [-0.3, -0.25) is 0 Å². The zero-order chi connectivity index (χ0) is 32.3. The highest BCUT2D eigenvalue weighted by Crippen LogP contribution is 2.44. The number of anilines is 3. The first kappa shape index (κ1) is 28.3. The van der Waals surface area contributed by atoms with E-state index in [1.54, 1.807) is 0 Å². The van der Waals surface area contributed by atoms with Gasteiger partial charge in [0.25, 0.3) is 0 Å². The molecule has 230 valence electrons. The molecule has 0 saturated carbocycles. The molecule has 0 saturated heterocycles. The van der Waals surface area contributed by atoms with Crippen molar-refractivity contribution in [3.05, 3.63) is 176 Å². The summed E-state index contributed by atoms with van der Waals surface area (Å²) in [4.78, 5) is 2.40. The second-order valence-electron chi connectivity index (χ2n) is 12.5. The number of benzene rings is 8. The molecular weight excluding hydrogens is 631 g/mol. The first-order chi connectivity index (χ1) is 24.3. The minimum Gasteiger partial charge on any atom is -0.310 e. The molecule has 0 amide bonds. The van der Waals surface area contributed by atoms with Crippen molar-refractivity contribution < 1.29 is 0 Å². The summed E-state index contributed by atoms with van der Waals surface area (Å²) in [5.41, 5.74) is 8.31. The molecule has 0 radical (unpaired) electrons. The fourth-order valence-electron chi connectivity index (χ4n) is 7.30. The van der Waals surface area contributed by atoms with Gasteiger partial charge in [0, 0.05) is 57.4 Å². The van der Waals surface area contributed by atoms with E-state index in [9.17, 15) is 0 Å². The van der Waals surface area contributed by atoms with Gasteiger partial charge in [-0.25, -0.2) is 0 Å². The van der Waals surface area contributed by atoms with E-state index in [1.165, 1.54) is 73.4 Å². The summed E-state index contributed by atoms with van der Waals surface area (Å²) in [6.45, 7) is 0. The van der Waals surface area contributed by atoms with Crippen LogP contribution in [0, 0.1) is 0 Å². The molecule has 3 heteroatoms. The Kier molecular flexibility index (Phi) is 6.61. The van der Waals surface area contributed by atoms with Crippen LogP contribution in [0.1, 0.15) is 0 Å². The van der Waals surface area contributed by atoms with Crippen LogP contribution in [0.25, 0.3) is 73.4 Å². The minimum atomic E-state index is 1.13. The Morgan fingerprint density at radius 2 is 0.980 bits per heavy atom. The number of rotatable bonds is 5. The van der Waals surface area contributed by atoms with E-state index in [2.05, 4.69) is 181 Å². The number of hydrogen-bond donors (Lipinski definition) is 0. The number of thiophene rings is 2. The summed E-state index contributed by atoms with van der Waals surface area (Å²) in [6, 6.07) is 64.3. The second kappa shape index (κ2) is 11.5. The van der Waals surface area contributed by atoms with Crippen molar-refractivity contribution in [1.29, 1.82) is 0 Å². The molecule has 0 unspecified atom stereocenters. The molecule has 10 aromatic rings. The van der Waals surface area contributed by atoms with Gasteiger partial charge in [-0.1, -0.05) is 127 Å². The molecule has 0 aliphatic carbocycles. The molecule has 10 rings (SSSR count). The lowest BCUT2D eigenvalue weighted by atomic mass is 10.0. The topological polar surface area (TPSA) is 3.24 Å². The summed E-state index contributed by atoms with van der Waals surface area (Å²) in [6.07, 6.45) is 0. The van der Waals surface area contributed by atoms with Crippen LogP contribution >= 0.6 is 22.7 Å². The van der Waals surface area contributed by atoms with Crippen LogP contribution in [0.15, 0.2) is 176 Å². The summed E-state index contributed by atoms with van der Waals surface area (Å²) in [5, 5.41) is 7.86. The maximum atomic E-state index is 2.40. The van der Waals surface area contributed by atoms with Crippen LogP contribution in [0.3, 0.4) is 0 Å². The highest BCUT2D eigenvalue weighted by atomic mass is 32.1. The van der Waals surface area contributed by atoms with Crippen LogP contribution in [-0.4, -0.2) is 0 Å². The van der Waals surface area contributed by atoms with E-state index >= 15 is 0 Å². The molecule has 8 aromatic carbocycles. The standard InChI is InChI=1S/C46H29NS2/c1-2-10-30(11-3-1)33-13-8-14-35(28-33)47(36-25-27-44-42(29-36)41-26-22-31-12-4-5-15-37(31)46(41)49-44)34-23-20-32(21-24-34)38-17-9-18-40-39-16-6-7-19-43(39)48-45(38)40/h1-29H. The molecule has 0 bridgehead atoms. The first-order valence-electron chi connectivity index (χ1n) is 16.6. The van der Waals surface area contributed by atoms with E-state index in [1.807, 2.05) is 22.7 Å². The van der Waals surface area contributed by atoms with Gasteiger partial charge in [-0.05, 0) is 81.6 Å². The van der Waals surface area contributed by atoms with Crippen molar-refractivity contribution in [2.75, 3.05) is 4.90 Å². The van der Waals surface area contributed by atoms with Crippen molar-refractivity contribution in [3.63, 3.8) is 0 Å².